The van der Waals surface area contributed by atoms with Crippen LogP contribution < -0.4 is 9.62 Å². The van der Waals surface area contributed by atoms with Gasteiger partial charge in [-0.25, -0.2) is 18.1 Å². The van der Waals surface area contributed by atoms with Gasteiger partial charge in [-0.1, -0.05) is 12.8 Å². The number of anilines is 1. The maximum absolute atomic E-state index is 12.8. The Hall–Kier alpha value is -1.60. The van der Waals surface area contributed by atoms with Crippen LogP contribution in [0.4, 0.5) is 5.82 Å². The van der Waals surface area contributed by atoms with Crippen LogP contribution in [0, 0.1) is 0 Å². The van der Waals surface area contributed by atoms with Crippen LogP contribution in [0.5, 0.6) is 0 Å². The number of rotatable bonds is 4. The van der Waals surface area contributed by atoms with Gasteiger partial charge < -0.3 is 9.32 Å². The number of sulfonamides is 1. The van der Waals surface area contributed by atoms with Crippen LogP contribution in [0.3, 0.4) is 0 Å². The van der Waals surface area contributed by atoms with Crippen molar-refractivity contribution in [1.82, 2.24) is 9.71 Å². The number of nitrogens with one attached hydrogen (secondary N) is 1. The van der Waals surface area contributed by atoms with Gasteiger partial charge in [-0.2, -0.15) is 0 Å². The second-order valence-electron chi connectivity index (χ2n) is 6.82. The van der Waals surface area contributed by atoms with Gasteiger partial charge in [-0.05, 0) is 37.8 Å². The fraction of sp³-hybridized carbons (Fsp3) is 0.588. The summed E-state index contributed by atoms with van der Waals surface area (Å²) in [6.45, 7) is 1.31. The summed E-state index contributed by atoms with van der Waals surface area (Å²) in [4.78, 5) is 6.56. The minimum Gasteiger partial charge on any atom is -0.464 e. The van der Waals surface area contributed by atoms with Crippen LogP contribution in [0.2, 0.25) is 0 Å². The molecule has 0 aromatic carbocycles. The number of furan rings is 1. The second-order valence-corrected chi connectivity index (χ2v) is 8.81. The van der Waals surface area contributed by atoms with Crippen LogP contribution in [-0.4, -0.2) is 37.8 Å². The normalized spacial score (nSPS) is 23.2. The molecular weight excluding hydrogens is 326 g/mol. The van der Waals surface area contributed by atoms with Crippen LogP contribution in [-0.2, 0) is 10.0 Å². The lowest BCUT2D eigenvalue weighted by molar-refractivity contribution is 0.505. The van der Waals surface area contributed by atoms with Crippen molar-refractivity contribution in [2.45, 2.75) is 49.8 Å². The molecule has 0 bridgehead atoms. The quantitative estimate of drug-likeness (QED) is 0.918. The van der Waals surface area contributed by atoms with Gasteiger partial charge in [0, 0.05) is 25.3 Å². The molecule has 2 fully saturated rings. The number of hydrogen-bond acceptors (Lipinski definition) is 5. The third-order valence-electron chi connectivity index (χ3n) is 5.16. The molecule has 1 atom stereocenters. The van der Waals surface area contributed by atoms with E-state index in [0.29, 0.717) is 13.0 Å². The molecule has 1 aliphatic carbocycles. The van der Waals surface area contributed by atoms with Gasteiger partial charge in [0.1, 0.15) is 11.4 Å². The van der Waals surface area contributed by atoms with Crippen LogP contribution >= 0.6 is 0 Å². The molecule has 3 heterocycles. The van der Waals surface area contributed by atoms with Crippen LogP contribution in [0.1, 0.15) is 38.5 Å². The third kappa shape index (κ3) is 3.02. The molecule has 130 valence electrons. The summed E-state index contributed by atoms with van der Waals surface area (Å²) in [6.07, 6.45) is 9.10. The largest absolute Gasteiger partial charge is 0.464 e. The van der Waals surface area contributed by atoms with Gasteiger partial charge in [0.25, 0.3) is 0 Å². The van der Waals surface area contributed by atoms with Crippen LogP contribution in [0.15, 0.2) is 29.0 Å². The molecule has 7 heteroatoms. The molecule has 1 saturated heterocycles. The lowest BCUT2D eigenvalue weighted by Crippen LogP contribution is -2.48. The van der Waals surface area contributed by atoms with Crippen molar-refractivity contribution in [3.63, 3.8) is 0 Å². The number of hydrogen-bond donors (Lipinski definition) is 1. The highest BCUT2D eigenvalue weighted by atomic mass is 32.2. The molecule has 0 spiro atoms. The summed E-state index contributed by atoms with van der Waals surface area (Å²) in [5.41, 5.74) is 0.786. The monoisotopic (exact) mass is 349 g/mol. The first-order chi connectivity index (χ1) is 11.6. The highest BCUT2D eigenvalue weighted by Crippen LogP contribution is 2.29. The Balaban J connectivity index is 1.54. The summed E-state index contributed by atoms with van der Waals surface area (Å²) in [5.74, 6) is 0.821. The molecule has 1 saturated carbocycles. The molecular formula is C17H23N3O3S. The fourth-order valence-corrected chi connectivity index (χ4v) is 5.63. The zero-order chi connectivity index (χ0) is 16.6. The van der Waals surface area contributed by atoms with Crippen molar-refractivity contribution in [3.05, 3.63) is 24.6 Å². The average molecular weight is 349 g/mol. The molecule has 24 heavy (non-hydrogen) atoms. The zero-order valence-corrected chi connectivity index (χ0v) is 14.5. The molecule has 2 aromatic rings. The maximum atomic E-state index is 12.8. The van der Waals surface area contributed by atoms with Crippen molar-refractivity contribution in [2.24, 2.45) is 0 Å². The molecule has 0 amide bonds. The Labute approximate surface area is 142 Å². The molecule has 2 aromatic heterocycles. The highest BCUT2D eigenvalue weighted by molar-refractivity contribution is 7.90. The smallest absolute Gasteiger partial charge is 0.216 e. The molecule has 1 N–H and O–H groups in total. The number of fused-ring (bicyclic) bond motifs is 1. The van der Waals surface area contributed by atoms with E-state index in [4.69, 9.17) is 4.42 Å². The SMILES string of the molecule is O=S(=O)(NC1CCCC1)[C@@H]1CCCN(c2nccc3occc23)C1. The van der Waals surface area contributed by atoms with Gasteiger partial charge >= 0.3 is 0 Å². The van der Waals surface area contributed by atoms with Gasteiger partial charge in [0.05, 0.1) is 16.9 Å². The summed E-state index contributed by atoms with van der Waals surface area (Å²) in [7, 11) is -3.29. The van der Waals surface area contributed by atoms with Crippen molar-refractivity contribution in [1.29, 1.82) is 0 Å². The highest BCUT2D eigenvalue weighted by Gasteiger charge is 2.33. The second kappa shape index (κ2) is 6.37. The van der Waals surface area contributed by atoms with Crippen molar-refractivity contribution in [2.75, 3.05) is 18.0 Å². The van der Waals surface area contributed by atoms with Crippen LogP contribution in [0.25, 0.3) is 11.0 Å². The zero-order valence-electron chi connectivity index (χ0n) is 13.6. The summed E-state index contributed by atoms with van der Waals surface area (Å²) in [6, 6.07) is 3.85. The first-order valence-electron chi connectivity index (χ1n) is 8.72. The van der Waals surface area contributed by atoms with E-state index in [9.17, 15) is 8.42 Å². The predicted octanol–water partition coefficient (Wildman–Crippen LogP) is 2.66. The summed E-state index contributed by atoms with van der Waals surface area (Å²) < 4.78 is 33.9. The summed E-state index contributed by atoms with van der Waals surface area (Å²) in [5, 5.41) is 0.565. The van der Waals surface area contributed by atoms with E-state index in [1.54, 1.807) is 12.5 Å². The van der Waals surface area contributed by atoms with E-state index in [-0.39, 0.29) is 11.3 Å². The minimum absolute atomic E-state index is 0.126. The molecule has 0 unspecified atom stereocenters. The standard InChI is InChI=1S/C17H23N3O3S/c21-24(22,19-13-4-1-2-5-13)14-6-3-10-20(12-14)17-15-8-11-23-16(15)7-9-18-17/h7-9,11,13-14,19H,1-6,10,12H2/t14-/m1/s1. The van der Waals surface area contributed by atoms with E-state index in [1.165, 1.54) is 0 Å². The first-order valence-corrected chi connectivity index (χ1v) is 10.3. The Morgan fingerprint density at radius 2 is 2.00 bits per heavy atom. The number of nitrogens with zero attached hydrogens (tertiary/aromatic N) is 2. The lowest BCUT2D eigenvalue weighted by atomic mass is 10.1. The van der Waals surface area contributed by atoms with Gasteiger partial charge in [-0.3, -0.25) is 0 Å². The lowest BCUT2D eigenvalue weighted by Gasteiger charge is -2.34. The van der Waals surface area contributed by atoms with E-state index in [2.05, 4.69) is 14.6 Å². The Morgan fingerprint density at radius 1 is 1.17 bits per heavy atom. The molecule has 6 nitrogen and oxygen atoms in total. The minimum atomic E-state index is -3.29. The van der Waals surface area contributed by atoms with Gasteiger partial charge in [0.15, 0.2) is 0 Å². The average Bonchev–Trinajstić information content (AvgIpc) is 3.25. The van der Waals surface area contributed by atoms with E-state index >= 15 is 0 Å². The molecule has 1 aliphatic heterocycles. The fourth-order valence-electron chi connectivity index (χ4n) is 3.89. The molecule has 0 radical (unpaired) electrons. The summed E-state index contributed by atoms with van der Waals surface area (Å²) >= 11 is 0. The van der Waals surface area contributed by atoms with Gasteiger partial charge in [0.2, 0.25) is 10.0 Å². The van der Waals surface area contributed by atoms with Crippen molar-refractivity contribution in [3.8, 4) is 0 Å². The number of pyridine rings is 1. The van der Waals surface area contributed by atoms with Gasteiger partial charge in [-0.15, -0.1) is 0 Å². The Bertz CT molecular complexity index is 811. The van der Waals surface area contributed by atoms with Crippen molar-refractivity contribution < 1.29 is 12.8 Å². The Kier molecular flexibility index (Phi) is 4.22. The maximum Gasteiger partial charge on any atom is 0.216 e. The van der Waals surface area contributed by atoms with E-state index in [0.717, 1.165) is 55.4 Å². The molecule has 4 rings (SSSR count). The van der Waals surface area contributed by atoms with Crippen molar-refractivity contribution >= 4 is 26.8 Å². The first kappa shape index (κ1) is 15.9. The number of piperidine rings is 1. The Morgan fingerprint density at radius 3 is 2.83 bits per heavy atom. The van der Waals surface area contributed by atoms with E-state index < -0.39 is 10.0 Å². The third-order valence-corrected chi connectivity index (χ3v) is 7.09. The molecule has 2 aliphatic rings. The predicted molar refractivity (Wildman–Crippen MR) is 93.6 cm³/mol. The van der Waals surface area contributed by atoms with E-state index in [1.807, 2.05) is 12.1 Å². The topological polar surface area (TPSA) is 75.4 Å². The number of aromatic nitrogens is 1.